The maximum Gasteiger partial charge on any atom is 0.501 e. The number of Topliss-reactive ketones (excluding diaryl/α,β-unsaturated/α-hetero) is 1. The Bertz CT molecular complexity index is 1680. The summed E-state index contributed by atoms with van der Waals surface area (Å²) < 4.78 is 28.1. The Morgan fingerprint density at radius 3 is 1.67 bits per heavy atom. The molecule has 0 aliphatic carbocycles. The van der Waals surface area contributed by atoms with Crippen LogP contribution in [0.15, 0.2) is 121 Å². The van der Waals surface area contributed by atoms with E-state index in [-0.39, 0.29) is 31.3 Å². The number of imide groups is 1. The highest BCUT2D eigenvalue weighted by atomic mass is 31.2. The minimum atomic E-state index is -4.03. The van der Waals surface area contributed by atoms with Gasteiger partial charge in [-0.3, -0.25) is 9.36 Å². The van der Waals surface area contributed by atoms with Gasteiger partial charge in [0.1, 0.15) is 11.6 Å². The topological polar surface area (TPSA) is 93.0 Å². The van der Waals surface area contributed by atoms with Crippen molar-refractivity contribution in [1.29, 1.82) is 0 Å². The van der Waals surface area contributed by atoms with E-state index in [2.05, 4.69) is 0 Å². The lowest BCUT2D eigenvalue weighted by atomic mass is 9.85. The molecule has 0 fully saturated rings. The van der Waals surface area contributed by atoms with Crippen molar-refractivity contribution in [3.8, 4) is 0 Å². The summed E-state index contributed by atoms with van der Waals surface area (Å²) in [6.07, 6.45) is -0.167. The van der Waals surface area contributed by atoms with Crippen molar-refractivity contribution >= 4 is 31.0 Å². The second kappa shape index (κ2) is 15.2. The molecule has 0 radical (unpaired) electrons. The van der Waals surface area contributed by atoms with Crippen LogP contribution in [0.5, 0.6) is 0 Å². The maximum absolute atomic E-state index is 14.7. The molecular formula is C37H38N2O6P+. The minimum Gasteiger partial charge on any atom is -0.301 e. The lowest BCUT2D eigenvalue weighted by Crippen LogP contribution is -2.58. The zero-order chi connectivity index (χ0) is 32.5. The SMILES string of the molecule is CC(C)C1C(=O)N(CC(=O)c2ccccc2)C(=O)[N+](CP(=O)(OCc2ccccc2)OCc2ccccc2)=C1Cc1ccccc1. The van der Waals surface area contributed by atoms with Crippen LogP contribution in [0.4, 0.5) is 4.79 Å². The predicted octanol–water partition coefficient (Wildman–Crippen LogP) is 7.38. The van der Waals surface area contributed by atoms with Crippen molar-refractivity contribution in [2.45, 2.75) is 33.5 Å². The predicted molar refractivity (Wildman–Crippen MR) is 177 cm³/mol. The summed E-state index contributed by atoms with van der Waals surface area (Å²) >= 11 is 0. The van der Waals surface area contributed by atoms with Crippen molar-refractivity contribution in [3.05, 3.63) is 144 Å². The van der Waals surface area contributed by atoms with Gasteiger partial charge in [-0.2, -0.15) is 14.3 Å². The molecule has 1 aliphatic rings. The molecule has 0 bridgehead atoms. The zero-order valence-corrected chi connectivity index (χ0v) is 26.9. The zero-order valence-electron chi connectivity index (χ0n) is 26.0. The monoisotopic (exact) mass is 637 g/mol. The smallest absolute Gasteiger partial charge is 0.301 e. The summed E-state index contributed by atoms with van der Waals surface area (Å²) in [5, 5.41) is 0. The molecular weight excluding hydrogens is 599 g/mol. The first kappa shape index (κ1) is 32.9. The van der Waals surface area contributed by atoms with E-state index in [1.807, 2.05) is 105 Å². The molecule has 0 saturated heterocycles. The van der Waals surface area contributed by atoms with Crippen molar-refractivity contribution in [1.82, 2.24) is 4.90 Å². The van der Waals surface area contributed by atoms with Gasteiger partial charge in [0.25, 0.3) is 0 Å². The lowest BCUT2D eigenvalue weighted by molar-refractivity contribution is -0.425. The molecule has 1 unspecified atom stereocenters. The number of ketones is 1. The molecule has 9 heteroatoms. The Morgan fingerprint density at radius 1 is 0.739 bits per heavy atom. The fraction of sp³-hybridized carbons (Fsp3) is 0.243. The van der Waals surface area contributed by atoms with E-state index in [4.69, 9.17) is 9.05 Å². The number of hydrogen-bond donors (Lipinski definition) is 0. The molecule has 1 heterocycles. The van der Waals surface area contributed by atoms with Crippen LogP contribution in [-0.4, -0.2) is 45.7 Å². The highest BCUT2D eigenvalue weighted by molar-refractivity contribution is 7.53. The van der Waals surface area contributed by atoms with Gasteiger partial charge in [-0.25, -0.2) is 4.79 Å². The number of urea groups is 1. The Hall–Kier alpha value is -4.49. The molecule has 1 atom stereocenters. The normalized spacial score (nSPS) is 15.5. The number of nitrogens with zero attached hydrogens (tertiary/aromatic N) is 2. The third-order valence-corrected chi connectivity index (χ3v) is 9.52. The highest BCUT2D eigenvalue weighted by Crippen LogP contribution is 2.50. The second-order valence-corrected chi connectivity index (χ2v) is 13.6. The average Bonchev–Trinajstić information content (AvgIpc) is 3.08. The van der Waals surface area contributed by atoms with Crippen LogP contribution in [0.1, 0.15) is 40.9 Å². The number of carbonyl (C=O) groups excluding carboxylic acids is 3. The van der Waals surface area contributed by atoms with E-state index >= 15 is 0 Å². The van der Waals surface area contributed by atoms with Gasteiger partial charge < -0.3 is 9.05 Å². The summed E-state index contributed by atoms with van der Waals surface area (Å²) in [5.41, 5.74) is 3.33. The van der Waals surface area contributed by atoms with Crippen LogP contribution < -0.4 is 0 Å². The standard InChI is InChI=1S/C37H38N2O6P/c1-28(2)35-33(23-29-15-7-3-8-16-29)39(37(42)38(36(35)41)24-34(40)32-21-13-6-14-22-32)27-46(43,44-25-30-17-9-4-10-18-30)45-26-31-19-11-5-12-20-31/h3-22,28,35H,23-27H2,1-2H3/q+1. The van der Waals surface area contributed by atoms with Crippen molar-refractivity contribution in [2.75, 3.05) is 12.8 Å². The first-order chi connectivity index (χ1) is 22.2. The highest BCUT2D eigenvalue weighted by Gasteiger charge is 2.51. The third kappa shape index (κ3) is 8.20. The molecule has 1 aliphatic heterocycles. The number of rotatable bonds is 14. The van der Waals surface area contributed by atoms with Gasteiger partial charge in [-0.15, -0.1) is 0 Å². The third-order valence-electron chi connectivity index (χ3n) is 7.85. The molecule has 0 spiro atoms. The van der Waals surface area contributed by atoms with E-state index in [9.17, 15) is 18.9 Å². The summed E-state index contributed by atoms with van der Waals surface area (Å²) in [5.74, 6) is -1.82. The van der Waals surface area contributed by atoms with Crippen LogP contribution in [0.2, 0.25) is 0 Å². The summed E-state index contributed by atoms with van der Waals surface area (Å²) in [7, 11) is -4.03. The first-order valence-corrected chi connectivity index (χ1v) is 17.0. The van der Waals surface area contributed by atoms with E-state index in [0.717, 1.165) is 21.6 Å². The van der Waals surface area contributed by atoms with Gasteiger partial charge in [0.05, 0.1) is 13.2 Å². The van der Waals surface area contributed by atoms with E-state index in [0.29, 0.717) is 11.3 Å². The van der Waals surface area contributed by atoms with Crippen molar-refractivity contribution < 1.29 is 32.6 Å². The van der Waals surface area contributed by atoms with Gasteiger partial charge in [0.15, 0.2) is 12.8 Å². The van der Waals surface area contributed by atoms with E-state index in [1.165, 1.54) is 4.58 Å². The maximum atomic E-state index is 14.7. The minimum absolute atomic E-state index is 0.00823. The molecule has 0 aromatic heterocycles. The second-order valence-electron chi connectivity index (χ2n) is 11.6. The van der Waals surface area contributed by atoms with Crippen LogP contribution in [0.3, 0.4) is 0 Å². The van der Waals surface area contributed by atoms with Crippen molar-refractivity contribution in [3.63, 3.8) is 0 Å². The summed E-state index contributed by atoms with van der Waals surface area (Å²) in [4.78, 5) is 42.6. The molecule has 4 aromatic carbocycles. The molecule has 4 aromatic rings. The van der Waals surface area contributed by atoms with Crippen LogP contribution >= 0.6 is 7.60 Å². The summed E-state index contributed by atoms with van der Waals surface area (Å²) in [6, 6.07) is 35.9. The number of amides is 3. The van der Waals surface area contributed by atoms with Crippen LogP contribution in [0.25, 0.3) is 0 Å². The summed E-state index contributed by atoms with van der Waals surface area (Å²) in [6.45, 7) is 3.34. The van der Waals surface area contributed by atoms with Gasteiger partial charge in [0.2, 0.25) is 5.78 Å². The molecule has 46 heavy (non-hydrogen) atoms. The Morgan fingerprint density at radius 2 is 1.20 bits per heavy atom. The molecule has 0 N–H and O–H groups in total. The quantitative estimate of drug-likeness (QED) is 0.0814. The fourth-order valence-corrected chi connectivity index (χ4v) is 7.04. The van der Waals surface area contributed by atoms with Gasteiger partial charge in [0, 0.05) is 12.0 Å². The first-order valence-electron chi connectivity index (χ1n) is 15.3. The fourth-order valence-electron chi connectivity index (χ4n) is 5.46. The van der Waals surface area contributed by atoms with E-state index < -0.39 is 38.3 Å². The molecule has 236 valence electrons. The number of benzene rings is 4. The van der Waals surface area contributed by atoms with Crippen LogP contribution in [-0.2, 0) is 38.0 Å². The molecule has 0 saturated carbocycles. The molecule has 3 amide bonds. The van der Waals surface area contributed by atoms with E-state index in [1.54, 1.807) is 30.3 Å². The average molecular weight is 638 g/mol. The van der Waals surface area contributed by atoms with Gasteiger partial charge in [-0.05, 0) is 22.6 Å². The largest absolute Gasteiger partial charge is 0.501 e. The molecule has 8 nitrogen and oxygen atoms in total. The van der Waals surface area contributed by atoms with Gasteiger partial charge >= 0.3 is 19.5 Å². The Kier molecular flexibility index (Phi) is 10.9. The Labute approximate surface area is 269 Å². The van der Waals surface area contributed by atoms with Crippen molar-refractivity contribution in [2.24, 2.45) is 11.8 Å². The molecule has 5 rings (SSSR count). The van der Waals surface area contributed by atoms with Gasteiger partial charge in [-0.1, -0.05) is 135 Å². The number of hydrogen-bond acceptors (Lipinski definition) is 6. The number of carbonyl (C=O) groups is 3. The Balaban J connectivity index is 1.56. The lowest BCUT2D eigenvalue weighted by Gasteiger charge is -2.31. The van der Waals surface area contributed by atoms with Crippen LogP contribution in [0, 0.1) is 11.8 Å².